The predicted octanol–water partition coefficient (Wildman–Crippen LogP) is 2.24. The van der Waals surface area contributed by atoms with Gasteiger partial charge in [0.25, 0.3) is 0 Å². The Morgan fingerprint density at radius 3 is 1.62 bits per heavy atom. The molecule has 3 aromatic carbocycles. The van der Waals surface area contributed by atoms with Crippen LogP contribution < -0.4 is 33.1 Å². The zero-order valence-corrected chi connectivity index (χ0v) is 25.3. The third-order valence-electron chi connectivity index (χ3n) is 4.84. The zero-order chi connectivity index (χ0) is 29.7. The van der Waals surface area contributed by atoms with Crippen LogP contribution in [0, 0.1) is 28.8 Å². The van der Waals surface area contributed by atoms with Crippen molar-refractivity contribution in [2.45, 2.75) is 20.6 Å². The van der Waals surface area contributed by atoms with Gasteiger partial charge in [0.15, 0.2) is 52.1 Å². The molecule has 3 aromatic rings. The van der Waals surface area contributed by atoms with Gasteiger partial charge >= 0.3 is 24.8 Å². The minimum atomic E-state index is -0.725. The van der Waals surface area contributed by atoms with E-state index in [9.17, 15) is 18.0 Å². The van der Waals surface area contributed by atoms with Crippen molar-refractivity contribution in [3.05, 3.63) is 85.0 Å². The molecule has 0 amide bonds. The van der Waals surface area contributed by atoms with Crippen LogP contribution in [0.2, 0.25) is 0 Å². The van der Waals surface area contributed by atoms with E-state index < -0.39 is 23.4 Å². The first-order valence-electron chi connectivity index (χ1n) is 10.6. The van der Waals surface area contributed by atoms with Gasteiger partial charge in [-0.25, -0.2) is 18.0 Å². The summed E-state index contributed by atoms with van der Waals surface area (Å²) in [4.78, 5) is 11.2. The van der Waals surface area contributed by atoms with E-state index in [-0.39, 0.29) is 91.1 Å². The smallest absolute Gasteiger partial charge is 1.00 e. The number of nitriles is 1. The van der Waals surface area contributed by atoms with Crippen molar-refractivity contribution in [1.29, 1.82) is 5.26 Å². The minimum Gasteiger partial charge on any atom is -1.00 e. The first-order chi connectivity index (χ1) is 18.6. The summed E-state index contributed by atoms with van der Waals surface area (Å²) >= 11 is 6.00. The molecule has 0 spiro atoms. The quantitative estimate of drug-likeness (QED) is 0.293. The Labute approximate surface area is 283 Å². The molecular weight excluding hydrogens is 701 g/mol. The molecule has 0 saturated carbocycles. The van der Waals surface area contributed by atoms with Gasteiger partial charge in [0, 0.05) is 11.1 Å². The molecule has 15 heteroatoms. The van der Waals surface area contributed by atoms with E-state index in [1.54, 1.807) is 12.1 Å². The first-order valence-corrected chi connectivity index (χ1v) is 12.2. The van der Waals surface area contributed by atoms with Crippen molar-refractivity contribution in [3.8, 4) is 23.3 Å². The molecule has 2 N–H and O–H groups in total. The fraction of sp³-hybridized carbons (Fsp3) is 0.259. The van der Waals surface area contributed by atoms with E-state index in [2.05, 4.69) is 36.6 Å². The summed E-state index contributed by atoms with van der Waals surface area (Å²) in [5.74, 6) is -2.55. The van der Waals surface area contributed by atoms with Crippen LogP contribution in [-0.4, -0.2) is 62.0 Å². The van der Waals surface area contributed by atoms with Crippen LogP contribution >= 0.6 is 31.9 Å². The minimum absolute atomic E-state index is 0. The molecule has 226 valence electrons. The number of carbonyl (C=O) groups excluding carboxylic acids is 1. The van der Waals surface area contributed by atoms with Gasteiger partial charge < -0.3 is 30.6 Å². The van der Waals surface area contributed by atoms with Crippen molar-refractivity contribution >= 4 is 55.2 Å². The SMILES string of the molecule is C.COC(=O)c1ccc(Br)c(F)c1OC.COc1c(CO)ccc(Br)c1F.COc1c(CO)ccc(C#N)c1F.[AlH3].[H-].[Li+]. The normalized spacial score (nSPS) is 9.00. The molecule has 0 radical (unpaired) electrons. The molecule has 0 bridgehead atoms. The van der Waals surface area contributed by atoms with Gasteiger partial charge in [0.2, 0.25) is 0 Å². The van der Waals surface area contributed by atoms with Gasteiger partial charge in [-0.05, 0) is 56.1 Å². The Hall–Kier alpha value is -2.18. The number of aliphatic hydroxyl groups excluding tert-OH is 2. The summed E-state index contributed by atoms with van der Waals surface area (Å²) in [5, 5.41) is 26.1. The second kappa shape index (κ2) is 22.4. The van der Waals surface area contributed by atoms with E-state index in [0.717, 1.165) is 0 Å². The maximum absolute atomic E-state index is 13.4. The molecule has 42 heavy (non-hydrogen) atoms. The molecule has 0 aromatic heterocycles. The van der Waals surface area contributed by atoms with E-state index in [0.29, 0.717) is 15.6 Å². The van der Waals surface area contributed by atoms with Crippen LogP contribution in [0.5, 0.6) is 17.2 Å². The van der Waals surface area contributed by atoms with Crippen molar-refractivity contribution in [2.24, 2.45) is 0 Å². The number of methoxy groups -OCH3 is 4. The number of nitrogens with zero attached hydrogens (tertiary/aromatic N) is 1. The average molecular weight is 733 g/mol. The summed E-state index contributed by atoms with van der Waals surface area (Å²) in [6.07, 6.45) is 0. The summed E-state index contributed by atoms with van der Waals surface area (Å²) in [5.41, 5.74) is 0.752. The van der Waals surface area contributed by atoms with Crippen LogP contribution in [0.25, 0.3) is 0 Å². The number of ether oxygens (including phenoxy) is 4. The average Bonchev–Trinajstić information content (AvgIpc) is 2.95. The second-order valence-electron chi connectivity index (χ2n) is 7.04. The Bertz CT molecular complexity index is 1360. The fourth-order valence-corrected chi connectivity index (χ4v) is 3.57. The van der Waals surface area contributed by atoms with Crippen molar-refractivity contribution < 1.29 is 67.4 Å². The zero-order valence-electron chi connectivity index (χ0n) is 23.2. The first kappa shape index (κ1) is 44.3. The summed E-state index contributed by atoms with van der Waals surface area (Å²) in [6.45, 7) is -0.542. The molecule has 0 fully saturated rings. The molecule has 0 atom stereocenters. The Kier molecular flexibility index (Phi) is 23.6. The van der Waals surface area contributed by atoms with Gasteiger partial charge in [0.1, 0.15) is 11.6 Å². The third kappa shape index (κ3) is 11.5. The number of carbonyl (C=O) groups is 1. The van der Waals surface area contributed by atoms with E-state index in [1.165, 1.54) is 58.8 Å². The summed E-state index contributed by atoms with van der Waals surface area (Å²) in [7, 11) is 5.17. The van der Waals surface area contributed by atoms with Crippen LogP contribution in [0.15, 0.2) is 45.3 Å². The molecule has 0 saturated heterocycles. The molecule has 0 aliphatic carbocycles. The number of esters is 1. The van der Waals surface area contributed by atoms with E-state index >= 15 is 0 Å². The molecule has 8 nitrogen and oxygen atoms in total. The molecule has 0 heterocycles. The number of aliphatic hydroxyl groups is 2. The summed E-state index contributed by atoms with van der Waals surface area (Å²) in [6, 6.07) is 10.4. The van der Waals surface area contributed by atoms with Crippen molar-refractivity contribution in [1.82, 2.24) is 0 Å². The Balaban J connectivity index is -0.000000254. The molecule has 3 rings (SSSR count). The standard InChI is InChI=1S/C9H8BrFO3.C9H8FNO2.C8H8BrFO2.CH4.Al.Li.4H/c1-13-8-5(9(12)14-2)3-4-6(10)7(8)11;1-13-9-7(5-12)3-2-6(4-11)8(9)10;1-12-8-5(4-11)2-3-6(9)7(8)10;;;;;;;/h3-4H,1-2H3;2-3,12H,5H2,1H3;2-3,11H,4H2,1H3;1H4;;;;;;/q;;;;;+1;;;;-1. The number of halogens is 5. The number of benzene rings is 3. The second-order valence-corrected chi connectivity index (χ2v) is 8.74. The topological polar surface area (TPSA) is 118 Å². The van der Waals surface area contributed by atoms with Crippen molar-refractivity contribution in [3.63, 3.8) is 0 Å². The number of hydrogen-bond acceptors (Lipinski definition) is 8. The van der Waals surface area contributed by atoms with Gasteiger partial charge in [0.05, 0.1) is 56.2 Å². The maximum atomic E-state index is 13.4. The van der Waals surface area contributed by atoms with E-state index in [4.69, 9.17) is 29.7 Å². The molecular formula is C27H32AlBr2F3LiNO7. The van der Waals surface area contributed by atoms with E-state index in [1.807, 2.05) is 0 Å². The van der Waals surface area contributed by atoms with Crippen molar-refractivity contribution in [2.75, 3.05) is 28.4 Å². The largest absolute Gasteiger partial charge is 1.00 e. The maximum Gasteiger partial charge on any atom is 1.00 e. The monoisotopic (exact) mass is 731 g/mol. The van der Waals surface area contributed by atoms with Crippen LogP contribution in [0.3, 0.4) is 0 Å². The Morgan fingerprint density at radius 1 is 0.810 bits per heavy atom. The van der Waals surface area contributed by atoms with Crippen LogP contribution in [0.1, 0.15) is 35.9 Å². The predicted molar refractivity (Wildman–Crippen MR) is 160 cm³/mol. The van der Waals surface area contributed by atoms with Gasteiger partial charge in [-0.1, -0.05) is 19.6 Å². The third-order valence-corrected chi connectivity index (χ3v) is 6.06. The fourth-order valence-electron chi connectivity index (χ4n) is 2.95. The van der Waals surface area contributed by atoms with Gasteiger partial charge in [-0.15, -0.1) is 0 Å². The number of rotatable bonds is 6. The molecule has 0 unspecified atom stereocenters. The molecule has 0 aliphatic heterocycles. The number of hydrogen-bond donors (Lipinski definition) is 2. The van der Waals surface area contributed by atoms with Gasteiger partial charge in [-0.3, -0.25) is 0 Å². The molecule has 0 aliphatic rings. The van der Waals surface area contributed by atoms with Crippen LogP contribution in [0.4, 0.5) is 13.2 Å². The Morgan fingerprint density at radius 2 is 1.21 bits per heavy atom. The van der Waals surface area contributed by atoms with Gasteiger partial charge in [-0.2, -0.15) is 5.26 Å². The summed E-state index contributed by atoms with van der Waals surface area (Å²) < 4.78 is 59.1. The van der Waals surface area contributed by atoms with Crippen LogP contribution in [-0.2, 0) is 18.0 Å².